The molecule has 0 aliphatic carbocycles. The van der Waals surface area contributed by atoms with Gasteiger partial charge < -0.3 is 24.8 Å². The van der Waals surface area contributed by atoms with Gasteiger partial charge in [0.05, 0.1) is 25.3 Å². The number of esters is 1. The van der Waals surface area contributed by atoms with Crippen LogP contribution in [0.15, 0.2) is 52.1 Å². The lowest BCUT2D eigenvalue weighted by Gasteiger charge is -2.29. The molecule has 2 amide bonds. The fraction of sp³-hybridized carbons (Fsp3) is 0.273. The smallest absolute Gasteiger partial charge is 0.338 e. The van der Waals surface area contributed by atoms with Crippen molar-refractivity contribution in [3.05, 3.63) is 68.3 Å². The van der Waals surface area contributed by atoms with Gasteiger partial charge in [-0.05, 0) is 37.6 Å². The van der Waals surface area contributed by atoms with Crippen molar-refractivity contribution in [2.45, 2.75) is 26.5 Å². The van der Waals surface area contributed by atoms with Gasteiger partial charge in [-0.1, -0.05) is 45.7 Å². The molecule has 0 bridgehead atoms. The summed E-state index contributed by atoms with van der Waals surface area (Å²) in [6.45, 7) is 3.85. The molecule has 0 radical (unpaired) electrons. The van der Waals surface area contributed by atoms with E-state index in [4.69, 9.17) is 25.8 Å². The summed E-state index contributed by atoms with van der Waals surface area (Å²) in [5.41, 5.74) is 2.20. The van der Waals surface area contributed by atoms with Crippen LogP contribution in [0.1, 0.15) is 31.0 Å². The Kier molecular flexibility index (Phi) is 7.46. The molecule has 9 heteroatoms. The highest BCUT2D eigenvalue weighted by Crippen LogP contribution is 2.40. The molecule has 1 atom stereocenters. The Morgan fingerprint density at radius 3 is 2.65 bits per heavy atom. The van der Waals surface area contributed by atoms with Crippen LogP contribution in [0.5, 0.6) is 11.5 Å². The largest absolute Gasteiger partial charge is 0.493 e. The van der Waals surface area contributed by atoms with E-state index in [2.05, 4.69) is 26.6 Å². The first kappa shape index (κ1) is 23.0. The van der Waals surface area contributed by atoms with Crippen molar-refractivity contribution in [2.24, 2.45) is 0 Å². The molecule has 0 fully saturated rings. The quantitative estimate of drug-likeness (QED) is 0.520. The zero-order valence-corrected chi connectivity index (χ0v) is 19.6. The number of hydrogen-bond donors (Lipinski definition) is 2. The normalized spacial score (nSPS) is 15.8. The Labute approximate surface area is 193 Å². The molecular formula is C22H22BrClN2O5. The summed E-state index contributed by atoms with van der Waals surface area (Å²) in [5.74, 6) is 0.415. The van der Waals surface area contributed by atoms with Crippen molar-refractivity contribution in [1.82, 2.24) is 10.6 Å². The number of amides is 2. The maximum Gasteiger partial charge on any atom is 0.338 e. The summed E-state index contributed by atoms with van der Waals surface area (Å²) in [5, 5.41) is 6.00. The van der Waals surface area contributed by atoms with Crippen LogP contribution in [0.4, 0.5) is 4.79 Å². The number of nitrogens with one attached hydrogen (secondary N) is 2. The van der Waals surface area contributed by atoms with Gasteiger partial charge >= 0.3 is 12.0 Å². The molecule has 3 rings (SSSR count). The SMILES string of the molecule is CCOC(=O)C1=C(C)NC(=O)N[C@@H]1c1cc(OC)c(OCc2ccccc2Cl)cc1Br. The van der Waals surface area contributed by atoms with Gasteiger partial charge in [0.25, 0.3) is 0 Å². The van der Waals surface area contributed by atoms with E-state index in [0.717, 1.165) is 5.56 Å². The predicted molar refractivity (Wildman–Crippen MR) is 120 cm³/mol. The van der Waals surface area contributed by atoms with Gasteiger partial charge in [0.1, 0.15) is 6.61 Å². The first-order valence-corrected chi connectivity index (χ1v) is 10.7. The van der Waals surface area contributed by atoms with Crippen LogP contribution in [0.2, 0.25) is 5.02 Å². The molecule has 7 nitrogen and oxygen atoms in total. The third-order valence-corrected chi connectivity index (χ3v) is 5.75. The second-order valence-corrected chi connectivity index (χ2v) is 7.96. The molecule has 1 aliphatic rings. The molecule has 2 N–H and O–H groups in total. The van der Waals surface area contributed by atoms with Gasteiger partial charge in [-0.25, -0.2) is 9.59 Å². The molecule has 0 spiro atoms. The standard InChI is InChI=1S/C22H22BrClN2O5/c1-4-30-21(27)19-12(2)25-22(28)26-20(19)14-9-17(29-3)18(10-15(14)23)31-11-13-7-5-6-8-16(13)24/h5-10,20H,4,11H2,1-3H3,(H2,25,26,28)/t20-/m1/s1. The molecule has 1 heterocycles. The Morgan fingerprint density at radius 1 is 1.23 bits per heavy atom. The summed E-state index contributed by atoms with van der Waals surface area (Å²) < 4.78 is 17.3. The van der Waals surface area contributed by atoms with Crippen LogP contribution in [0.3, 0.4) is 0 Å². The highest BCUT2D eigenvalue weighted by atomic mass is 79.9. The minimum Gasteiger partial charge on any atom is -0.493 e. The summed E-state index contributed by atoms with van der Waals surface area (Å²) in [6.07, 6.45) is 0. The highest BCUT2D eigenvalue weighted by Gasteiger charge is 2.34. The van der Waals surface area contributed by atoms with Gasteiger partial charge in [-0.2, -0.15) is 0 Å². The zero-order valence-electron chi connectivity index (χ0n) is 17.3. The van der Waals surface area contributed by atoms with Crippen LogP contribution in [0.25, 0.3) is 0 Å². The Bertz CT molecular complexity index is 1040. The molecule has 164 valence electrons. The summed E-state index contributed by atoms with van der Waals surface area (Å²) in [7, 11) is 1.52. The molecule has 0 aromatic heterocycles. The number of benzene rings is 2. The highest BCUT2D eigenvalue weighted by molar-refractivity contribution is 9.10. The molecule has 2 aromatic carbocycles. The second-order valence-electron chi connectivity index (χ2n) is 6.70. The van der Waals surface area contributed by atoms with Crippen LogP contribution in [-0.4, -0.2) is 25.7 Å². The Balaban J connectivity index is 1.96. The average molecular weight is 510 g/mol. The van der Waals surface area contributed by atoms with Crippen molar-refractivity contribution in [3.8, 4) is 11.5 Å². The van der Waals surface area contributed by atoms with E-state index in [0.29, 0.717) is 37.8 Å². The van der Waals surface area contributed by atoms with Crippen molar-refractivity contribution < 1.29 is 23.8 Å². The number of rotatable bonds is 7. The first-order valence-electron chi connectivity index (χ1n) is 9.54. The van der Waals surface area contributed by atoms with E-state index < -0.39 is 18.0 Å². The summed E-state index contributed by atoms with van der Waals surface area (Å²) >= 11 is 9.74. The van der Waals surface area contributed by atoms with E-state index in [9.17, 15) is 9.59 Å². The number of halogens is 2. The molecular weight excluding hydrogens is 488 g/mol. The fourth-order valence-corrected chi connectivity index (χ4v) is 3.96. The first-order chi connectivity index (χ1) is 14.8. The number of allylic oxidation sites excluding steroid dienone is 1. The van der Waals surface area contributed by atoms with Crippen molar-refractivity contribution >= 4 is 39.5 Å². The van der Waals surface area contributed by atoms with E-state index >= 15 is 0 Å². The average Bonchev–Trinajstić information content (AvgIpc) is 2.72. The lowest BCUT2D eigenvalue weighted by atomic mass is 9.95. The number of urea groups is 1. The minimum atomic E-state index is -0.728. The molecule has 0 saturated carbocycles. The summed E-state index contributed by atoms with van der Waals surface area (Å²) in [4.78, 5) is 24.7. The van der Waals surface area contributed by atoms with Crippen molar-refractivity contribution in [3.63, 3.8) is 0 Å². The number of carbonyl (C=O) groups is 2. The predicted octanol–water partition coefficient (Wildman–Crippen LogP) is 4.88. The van der Waals surface area contributed by atoms with Crippen molar-refractivity contribution in [1.29, 1.82) is 0 Å². The van der Waals surface area contributed by atoms with Crippen LogP contribution in [0, 0.1) is 0 Å². The van der Waals surface area contributed by atoms with E-state index in [1.54, 1.807) is 32.0 Å². The maximum atomic E-state index is 12.6. The van der Waals surface area contributed by atoms with Gasteiger partial charge in [-0.3, -0.25) is 0 Å². The topological polar surface area (TPSA) is 85.9 Å². The zero-order chi connectivity index (χ0) is 22.5. The Morgan fingerprint density at radius 2 is 1.97 bits per heavy atom. The van der Waals surface area contributed by atoms with Gasteiger partial charge in [0.15, 0.2) is 11.5 Å². The molecule has 2 aromatic rings. The van der Waals surface area contributed by atoms with Gasteiger partial charge in [-0.15, -0.1) is 0 Å². The minimum absolute atomic E-state index is 0.218. The van der Waals surface area contributed by atoms with Crippen LogP contribution < -0.4 is 20.1 Å². The lowest BCUT2D eigenvalue weighted by molar-refractivity contribution is -0.139. The monoisotopic (exact) mass is 508 g/mol. The van der Waals surface area contributed by atoms with E-state index in [-0.39, 0.29) is 13.2 Å². The lowest BCUT2D eigenvalue weighted by Crippen LogP contribution is -2.45. The third-order valence-electron chi connectivity index (χ3n) is 4.70. The second kappa shape index (κ2) is 10.1. The maximum absolute atomic E-state index is 12.6. The van der Waals surface area contributed by atoms with Gasteiger partial charge in [0, 0.05) is 20.8 Å². The number of hydrogen-bond acceptors (Lipinski definition) is 5. The number of carbonyl (C=O) groups excluding carboxylic acids is 2. The van der Waals surface area contributed by atoms with Crippen LogP contribution >= 0.6 is 27.5 Å². The van der Waals surface area contributed by atoms with E-state index in [1.807, 2.05) is 18.2 Å². The molecule has 0 saturated heterocycles. The van der Waals surface area contributed by atoms with E-state index in [1.165, 1.54) is 7.11 Å². The molecule has 0 unspecified atom stereocenters. The number of methoxy groups -OCH3 is 1. The third kappa shape index (κ3) is 5.14. The summed E-state index contributed by atoms with van der Waals surface area (Å²) in [6, 6.07) is 9.71. The van der Waals surface area contributed by atoms with Crippen LogP contribution in [-0.2, 0) is 16.1 Å². The molecule has 1 aliphatic heterocycles. The molecule has 31 heavy (non-hydrogen) atoms. The van der Waals surface area contributed by atoms with Crippen molar-refractivity contribution in [2.75, 3.05) is 13.7 Å². The number of ether oxygens (including phenoxy) is 3. The Hall–Kier alpha value is -2.71. The fourth-order valence-electron chi connectivity index (χ4n) is 3.22. The van der Waals surface area contributed by atoms with Gasteiger partial charge in [0.2, 0.25) is 0 Å².